The number of carbonyl (C=O) groups is 1. The Kier molecular flexibility index (Phi) is 3.09. The molecule has 0 bridgehead atoms. The first kappa shape index (κ1) is 13.2. The molecule has 0 saturated heterocycles. The second-order valence-electron chi connectivity index (χ2n) is 4.80. The van der Waals surface area contributed by atoms with Gasteiger partial charge in [-0.1, -0.05) is 5.21 Å². The number of aryl methyl sites for hydroxylation is 2. The Balaban J connectivity index is 1.92. The molecular formula is C12H14N8O. The van der Waals surface area contributed by atoms with Crippen LogP contribution >= 0.6 is 0 Å². The Labute approximate surface area is 119 Å². The minimum Gasteiger partial charge on any atom is -0.342 e. The van der Waals surface area contributed by atoms with Crippen LogP contribution in [0.15, 0.2) is 12.3 Å². The van der Waals surface area contributed by atoms with Gasteiger partial charge < -0.3 is 5.32 Å². The van der Waals surface area contributed by atoms with Gasteiger partial charge in [-0.05, 0) is 26.8 Å². The largest absolute Gasteiger partial charge is 0.342 e. The third-order valence-electron chi connectivity index (χ3n) is 3.12. The molecule has 3 aromatic rings. The van der Waals surface area contributed by atoms with Crippen LogP contribution in [0, 0.1) is 13.8 Å². The second-order valence-corrected chi connectivity index (χ2v) is 4.80. The van der Waals surface area contributed by atoms with Crippen molar-refractivity contribution in [2.24, 2.45) is 0 Å². The minimum atomic E-state index is -0.364. The van der Waals surface area contributed by atoms with Crippen molar-refractivity contribution < 1.29 is 4.79 Å². The van der Waals surface area contributed by atoms with Crippen molar-refractivity contribution in [2.75, 3.05) is 0 Å². The summed E-state index contributed by atoms with van der Waals surface area (Å²) in [5.41, 5.74) is 2.70. The van der Waals surface area contributed by atoms with Crippen molar-refractivity contribution in [3.8, 4) is 0 Å². The molecule has 1 atom stereocenters. The fourth-order valence-electron chi connectivity index (χ4n) is 2.12. The molecule has 0 aliphatic carbocycles. The summed E-state index contributed by atoms with van der Waals surface area (Å²) in [4.78, 5) is 16.7. The van der Waals surface area contributed by atoms with Gasteiger partial charge in [0.15, 0.2) is 11.5 Å². The molecule has 3 heterocycles. The summed E-state index contributed by atoms with van der Waals surface area (Å²) in [5.74, 6) is 0.139. The Morgan fingerprint density at radius 3 is 2.95 bits per heavy atom. The van der Waals surface area contributed by atoms with E-state index in [-0.39, 0.29) is 11.9 Å². The van der Waals surface area contributed by atoms with Gasteiger partial charge in [-0.25, -0.2) is 9.50 Å². The van der Waals surface area contributed by atoms with Crippen molar-refractivity contribution in [1.82, 2.24) is 40.5 Å². The van der Waals surface area contributed by atoms with E-state index in [2.05, 4.69) is 36.0 Å². The standard InChI is InChI=1S/C12H14N8O/c1-6-4-7(2)20-11(14-6)9(5-13-20)12(21)15-8(3)10-16-18-19-17-10/h4-5,8H,1-3H3,(H,15,21)(H,16,17,18,19). The molecule has 0 aromatic carbocycles. The van der Waals surface area contributed by atoms with Crippen LogP contribution in [0.4, 0.5) is 0 Å². The van der Waals surface area contributed by atoms with Crippen LogP contribution in [0.25, 0.3) is 5.65 Å². The fraction of sp³-hybridized carbons (Fsp3) is 0.333. The average Bonchev–Trinajstić information content (AvgIpc) is 3.07. The number of nitrogens with one attached hydrogen (secondary N) is 2. The van der Waals surface area contributed by atoms with Gasteiger partial charge in [0.25, 0.3) is 5.91 Å². The average molecular weight is 286 g/mol. The smallest absolute Gasteiger partial charge is 0.257 e. The zero-order chi connectivity index (χ0) is 15.0. The molecule has 21 heavy (non-hydrogen) atoms. The molecule has 0 fully saturated rings. The molecule has 0 aliphatic rings. The summed E-state index contributed by atoms with van der Waals surface area (Å²) >= 11 is 0. The molecule has 0 spiro atoms. The van der Waals surface area contributed by atoms with Crippen LogP contribution in [0.5, 0.6) is 0 Å². The van der Waals surface area contributed by atoms with E-state index in [1.54, 1.807) is 11.4 Å². The lowest BCUT2D eigenvalue weighted by molar-refractivity contribution is 0.0939. The van der Waals surface area contributed by atoms with Gasteiger partial charge >= 0.3 is 0 Å². The second kappa shape index (κ2) is 4.93. The van der Waals surface area contributed by atoms with Crippen LogP contribution in [0.2, 0.25) is 0 Å². The summed E-state index contributed by atoms with van der Waals surface area (Å²) in [5, 5.41) is 20.5. The molecule has 1 unspecified atom stereocenters. The summed E-state index contributed by atoms with van der Waals surface area (Å²) in [6.07, 6.45) is 1.51. The van der Waals surface area contributed by atoms with Gasteiger partial charge in [-0.15, -0.1) is 10.2 Å². The Morgan fingerprint density at radius 1 is 1.43 bits per heavy atom. The molecule has 0 saturated carbocycles. The lowest BCUT2D eigenvalue weighted by Crippen LogP contribution is -2.27. The number of H-pyrrole nitrogens is 1. The van der Waals surface area contributed by atoms with Crippen molar-refractivity contribution in [1.29, 1.82) is 0 Å². The van der Waals surface area contributed by atoms with Crippen LogP contribution in [-0.4, -0.2) is 41.1 Å². The molecule has 2 N–H and O–H groups in total. The van der Waals surface area contributed by atoms with Crippen LogP contribution in [0.3, 0.4) is 0 Å². The molecule has 108 valence electrons. The first-order chi connectivity index (χ1) is 10.1. The zero-order valence-electron chi connectivity index (χ0n) is 11.8. The van der Waals surface area contributed by atoms with Crippen molar-refractivity contribution >= 4 is 11.6 Å². The number of aromatic nitrogens is 7. The number of carbonyl (C=O) groups excluding carboxylic acids is 1. The Morgan fingerprint density at radius 2 is 2.24 bits per heavy atom. The Hall–Kier alpha value is -2.84. The van der Waals surface area contributed by atoms with Gasteiger partial charge in [0.05, 0.1) is 12.2 Å². The molecule has 0 aliphatic heterocycles. The molecule has 0 radical (unpaired) electrons. The van der Waals surface area contributed by atoms with E-state index in [1.807, 2.05) is 19.9 Å². The quantitative estimate of drug-likeness (QED) is 0.718. The maximum atomic E-state index is 12.4. The van der Waals surface area contributed by atoms with Gasteiger partial charge in [0.1, 0.15) is 5.56 Å². The lowest BCUT2D eigenvalue weighted by atomic mass is 10.2. The fourth-order valence-corrected chi connectivity index (χ4v) is 2.12. The highest BCUT2D eigenvalue weighted by molar-refractivity contribution is 5.99. The van der Waals surface area contributed by atoms with Crippen LogP contribution in [0.1, 0.15) is 40.5 Å². The maximum absolute atomic E-state index is 12.4. The lowest BCUT2D eigenvalue weighted by Gasteiger charge is -2.09. The Bertz CT molecular complexity index is 791. The summed E-state index contributed by atoms with van der Waals surface area (Å²) in [6.45, 7) is 5.57. The van der Waals surface area contributed by atoms with Gasteiger partial charge in [0, 0.05) is 11.4 Å². The van der Waals surface area contributed by atoms with E-state index in [0.29, 0.717) is 17.0 Å². The topological polar surface area (TPSA) is 114 Å². The molecule has 3 aromatic heterocycles. The van der Waals surface area contributed by atoms with Gasteiger partial charge in [0.2, 0.25) is 0 Å². The highest BCUT2D eigenvalue weighted by atomic mass is 16.1. The van der Waals surface area contributed by atoms with E-state index < -0.39 is 0 Å². The highest BCUT2D eigenvalue weighted by Crippen LogP contribution is 2.13. The van der Waals surface area contributed by atoms with Crippen LogP contribution in [-0.2, 0) is 0 Å². The highest BCUT2D eigenvalue weighted by Gasteiger charge is 2.19. The van der Waals surface area contributed by atoms with Crippen molar-refractivity contribution in [2.45, 2.75) is 26.8 Å². The first-order valence-corrected chi connectivity index (χ1v) is 6.42. The number of tetrazole rings is 1. The third kappa shape index (κ3) is 2.33. The zero-order valence-corrected chi connectivity index (χ0v) is 11.8. The predicted octanol–water partition coefficient (Wildman–Crippen LogP) is 0.350. The number of hydrogen-bond acceptors (Lipinski definition) is 6. The number of hydrogen-bond donors (Lipinski definition) is 2. The predicted molar refractivity (Wildman–Crippen MR) is 72.5 cm³/mol. The first-order valence-electron chi connectivity index (χ1n) is 6.42. The number of nitrogens with zero attached hydrogens (tertiary/aromatic N) is 6. The number of amides is 1. The van der Waals surface area contributed by atoms with Crippen LogP contribution < -0.4 is 5.32 Å². The monoisotopic (exact) mass is 286 g/mol. The molecule has 9 heteroatoms. The van der Waals surface area contributed by atoms with E-state index in [9.17, 15) is 4.79 Å². The van der Waals surface area contributed by atoms with E-state index in [1.165, 1.54) is 6.20 Å². The number of fused-ring (bicyclic) bond motifs is 1. The van der Waals surface area contributed by atoms with E-state index in [0.717, 1.165) is 11.4 Å². The number of rotatable bonds is 3. The maximum Gasteiger partial charge on any atom is 0.257 e. The summed E-state index contributed by atoms with van der Waals surface area (Å²) in [7, 11) is 0. The molecule has 9 nitrogen and oxygen atoms in total. The summed E-state index contributed by atoms with van der Waals surface area (Å²) in [6, 6.07) is 1.54. The normalized spacial score (nSPS) is 12.5. The third-order valence-corrected chi connectivity index (χ3v) is 3.12. The van der Waals surface area contributed by atoms with Crippen molar-refractivity contribution in [3.63, 3.8) is 0 Å². The van der Waals surface area contributed by atoms with Gasteiger partial charge in [-0.2, -0.15) is 10.3 Å². The molecule has 1 amide bonds. The SMILES string of the molecule is Cc1cc(C)n2ncc(C(=O)NC(C)c3nn[nH]n3)c2n1. The molecular weight excluding hydrogens is 272 g/mol. The number of aromatic amines is 1. The van der Waals surface area contributed by atoms with E-state index >= 15 is 0 Å². The van der Waals surface area contributed by atoms with E-state index in [4.69, 9.17) is 0 Å². The minimum absolute atomic E-state index is 0.278. The molecule has 3 rings (SSSR count). The van der Waals surface area contributed by atoms with Crippen molar-refractivity contribution in [3.05, 3.63) is 35.0 Å². The summed E-state index contributed by atoms with van der Waals surface area (Å²) < 4.78 is 1.64. The van der Waals surface area contributed by atoms with Gasteiger partial charge in [-0.3, -0.25) is 4.79 Å².